The van der Waals surface area contributed by atoms with Crippen LogP contribution in [0.3, 0.4) is 0 Å². The van der Waals surface area contributed by atoms with Gasteiger partial charge in [-0.05, 0) is 223 Å². The van der Waals surface area contributed by atoms with Gasteiger partial charge in [0.15, 0.2) is 0 Å². The molecule has 3 aromatic carbocycles. The second-order valence-electron chi connectivity index (χ2n) is 40.5. The molecular formula is C94H140N10O29. The number of amides is 17. The molecule has 3 aromatic rings. The fourth-order valence-corrected chi connectivity index (χ4v) is 12.5. The molecule has 0 saturated carbocycles. The fourth-order valence-electron chi connectivity index (χ4n) is 12.5. The second kappa shape index (κ2) is 48.6. The number of ether oxygens (including phenoxy) is 12. The Balaban J connectivity index is 0.000000330. The van der Waals surface area contributed by atoms with Crippen LogP contribution in [0.1, 0.15) is 236 Å². The molecule has 7 saturated heterocycles. The minimum atomic E-state index is -0.899. The van der Waals surface area contributed by atoms with Crippen LogP contribution < -0.4 is 0 Å². The second-order valence-corrected chi connectivity index (χ2v) is 40.5. The van der Waals surface area contributed by atoms with Crippen LogP contribution in [-0.2, 0) is 110 Å². The predicted molar refractivity (Wildman–Crippen MR) is 483 cm³/mol. The van der Waals surface area contributed by atoms with E-state index in [-0.39, 0.29) is 109 Å². The molecule has 0 N–H and O–H groups in total. The fraction of sp³-hybridized carbons (Fsp3) is 0.628. The van der Waals surface area contributed by atoms with Crippen LogP contribution in [0, 0.1) is 0 Å². The van der Waals surface area contributed by atoms with Crippen LogP contribution in [-0.4, -0.2) is 299 Å². The van der Waals surface area contributed by atoms with E-state index in [1.807, 2.05) is 91.0 Å². The first-order valence-electron chi connectivity index (χ1n) is 43.9. The molecule has 0 unspecified atom stereocenters. The van der Waals surface area contributed by atoms with Gasteiger partial charge in [0.1, 0.15) is 91.9 Å². The number of benzene rings is 3. The maximum absolute atomic E-state index is 12.5. The Hall–Kier alpha value is -12.0. The van der Waals surface area contributed by atoms with Gasteiger partial charge < -0.3 is 56.8 Å². The minimum absolute atomic E-state index is 0.0424. The van der Waals surface area contributed by atoms with Crippen molar-refractivity contribution in [2.75, 3.05) is 91.9 Å². The molecule has 7 aliphatic heterocycles. The Labute approximate surface area is 780 Å². The van der Waals surface area contributed by atoms with E-state index in [2.05, 4.69) is 0 Å². The topological polar surface area (TPSA) is 433 Å². The van der Waals surface area contributed by atoms with Gasteiger partial charge in [0.25, 0.3) is 29.5 Å². The van der Waals surface area contributed by atoms with Gasteiger partial charge in [-0.15, -0.1) is 0 Å². The third kappa shape index (κ3) is 40.9. The number of rotatable bonds is 6. The van der Waals surface area contributed by atoms with Crippen molar-refractivity contribution in [1.29, 1.82) is 0 Å². The molecule has 0 aliphatic carbocycles. The lowest BCUT2D eigenvalue weighted by molar-refractivity contribution is -0.152. The minimum Gasteiger partial charge on any atom is -0.445 e. The smallest absolute Gasteiger partial charge is 0.417 e. The Bertz CT molecular complexity index is 4460. The van der Waals surface area contributed by atoms with E-state index in [4.69, 9.17) is 56.8 Å². The van der Waals surface area contributed by atoms with Gasteiger partial charge in [0.05, 0.1) is 42.9 Å². The van der Waals surface area contributed by atoms with Crippen molar-refractivity contribution in [3.05, 3.63) is 108 Å². The molecule has 10 rings (SSSR count). The van der Waals surface area contributed by atoms with E-state index in [1.54, 1.807) is 187 Å². The SMILES string of the molecule is CC(C)(C)OC(=O)N1C(=O)CN(C(=O)OCc2ccccc2)CC1(C)C.CC(C)(C)OC(=O)N1C(=O)COCC1(C)C.CC(C)(C)OC(=O)N1CC(C)(C)N(C(=O)OCc2ccccc2)CC1=O.CC(C)(C)OC(=O)N1CCCC1=O.CC(C)(C)OC(=O)N1CCCCC1=O.CC(C)(C)OC(=O)N1CCN(C(=O)OCc2ccccc2)CC1=O.CC(C)(C)OC(=O)N1CCOCC1=O. The third-order valence-corrected chi connectivity index (χ3v) is 18.3. The van der Waals surface area contributed by atoms with Crippen molar-refractivity contribution in [3.8, 4) is 0 Å². The highest BCUT2D eigenvalue weighted by Gasteiger charge is 2.49. The van der Waals surface area contributed by atoms with Gasteiger partial charge in [-0.3, -0.25) is 48.3 Å². The highest BCUT2D eigenvalue weighted by molar-refractivity contribution is 5.99. The third-order valence-electron chi connectivity index (χ3n) is 18.3. The van der Waals surface area contributed by atoms with E-state index < -0.39 is 134 Å². The highest BCUT2D eigenvalue weighted by Crippen LogP contribution is 2.30. The lowest BCUT2D eigenvalue weighted by Gasteiger charge is -2.44. The molecule has 17 amide bonds. The maximum Gasteiger partial charge on any atom is 0.417 e. The Morgan fingerprint density at radius 2 is 0.617 bits per heavy atom. The van der Waals surface area contributed by atoms with E-state index in [1.165, 1.54) is 24.5 Å². The number of morpholine rings is 2. The highest BCUT2D eigenvalue weighted by atomic mass is 16.6. The van der Waals surface area contributed by atoms with Crippen LogP contribution in [0.15, 0.2) is 91.0 Å². The summed E-state index contributed by atoms with van der Waals surface area (Å²) in [6, 6.07) is 27.9. The number of hydrogen-bond acceptors (Lipinski definition) is 29. The van der Waals surface area contributed by atoms with Crippen molar-refractivity contribution in [2.45, 2.75) is 295 Å². The summed E-state index contributed by atoms with van der Waals surface area (Å²) in [4.78, 5) is 214. The van der Waals surface area contributed by atoms with E-state index in [9.17, 15) is 81.5 Å². The molecular weight excluding hydrogens is 1730 g/mol. The largest absolute Gasteiger partial charge is 0.445 e. The normalized spacial score (nSPS) is 17.5. The molecule has 7 fully saturated rings. The van der Waals surface area contributed by atoms with E-state index in [0.717, 1.165) is 60.5 Å². The van der Waals surface area contributed by atoms with E-state index >= 15 is 0 Å². The quantitative estimate of drug-likeness (QED) is 0.207. The average molecular weight is 1870 g/mol. The summed E-state index contributed by atoms with van der Waals surface area (Å²) in [6.07, 6.45) is -2.65. The summed E-state index contributed by atoms with van der Waals surface area (Å²) in [5.74, 6) is -2.41. The first-order chi connectivity index (χ1) is 61.1. The first-order valence-corrected chi connectivity index (χ1v) is 43.9. The standard InChI is InChI=1S/2C19H26N2O5.C17H22N2O5.C11H19NO4.C10H17NO3.C9H15NO4.C9H15NO3/c1-18(2,3)26-16(23)20-13-19(4,5)21(11-15(20)22)17(24)25-12-14-9-7-6-8-10-14;1-18(2,3)26-17(24)21-15(22)11-20(13-19(21,4)5)16(23)25-12-14-9-7-6-8-10-14;1-17(2,3)24-16(22)19-10-9-18(11-14(19)20)15(21)23-12-13-7-5-4-6-8-13;1-10(2,3)16-9(14)12-8(13)6-15-7-11(12,4)5;1-10(2,3)14-9(13)11-7-5-4-6-8(11)12;1-9(2,3)14-8(12)10-4-5-13-6-7(10)11;1-9(2,3)13-8(12)10-6-4-5-7(10)11/h2*6-10H,11-13H2,1-5H3;4-8H,9-12H2,1-3H3;6-7H2,1-5H3;4-7H2,1-3H3;4-6H2,1-3H3;4-6H2,1-3H3. The predicted octanol–water partition coefficient (Wildman–Crippen LogP) is 14.6. The van der Waals surface area contributed by atoms with Crippen LogP contribution in [0.2, 0.25) is 0 Å². The van der Waals surface area contributed by atoms with Crippen molar-refractivity contribution in [2.24, 2.45) is 0 Å². The molecule has 7 aliphatic rings. The number of imide groups is 7. The van der Waals surface area contributed by atoms with Gasteiger partial charge in [0, 0.05) is 45.6 Å². The number of piperidine rings is 1. The van der Waals surface area contributed by atoms with Crippen LogP contribution in [0.5, 0.6) is 0 Å². The van der Waals surface area contributed by atoms with Gasteiger partial charge >= 0.3 is 60.9 Å². The van der Waals surface area contributed by atoms with Crippen LogP contribution in [0.4, 0.5) is 47.9 Å². The van der Waals surface area contributed by atoms with Gasteiger partial charge in [0.2, 0.25) is 11.8 Å². The molecule has 39 heteroatoms. The van der Waals surface area contributed by atoms with Crippen LogP contribution in [0.25, 0.3) is 0 Å². The molecule has 0 radical (unpaired) electrons. The zero-order valence-electron chi connectivity index (χ0n) is 82.5. The monoisotopic (exact) mass is 1870 g/mol. The Morgan fingerprint density at radius 1 is 0.293 bits per heavy atom. The zero-order chi connectivity index (χ0) is 101. The van der Waals surface area contributed by atoms with Gasteiger partial charge in [-0.1, -0.05) is 91.0 Å². The summed E-state index contributed by atoms with van der Waals surface area (Å²) in [5, 5.41) is 0. The molecule has 740 valence electrons. The number of piperazine rings is 3. The van der Waals surface area contributed by atoms with E-state index in [0.29, 0.717) is 39.1 Å². The number of carbonyl (C=O) groups excluding carboxylic acids is 17. The summed E-state index contributed by atoms with van der Waals surface area (Å²) >= 11 is 0. The lowest BCUT2D eigenvalue weighted by atomic mass is 9.99. The number of carbonyl (C=O) groups is 17. The summed E-state index contributed by atoms with van der Waals surface area (Å²) in [6.45, 7) is 49.5. The lowest BCUT2D eigenvalue weighted by Crippen LogP contribution is -2.65. The van der Waals surface area contributed by atoms with Crippen molar-refractivity contribution >= 4 is 102 Å². The molecule has 39 nitrogen and oxygen atoms in total. The number of nitrogens with zero attached hydrogens (tertiary/aromatic N) is 10. The summed E-state index contributed by atoms with van der Waals surface area (Å²) in [5.41, 5.74) is -4.06. The zero-order valence-corrected chi connectivity index (χ0v) is 82.5. The Kier molecular flexibility index (Phi) is 41.4. The molecule has 0 bridgehead atoms. The van der Waals surface area contributed by atoms with Crippen molar-refractivity contribution in [1.82, 2.24) is 49.0 Å². The van der Waals surface area contributed by atoms with Crippen molar-refractivity contribution in [3.63, 3.8) is 0 Å². The first kappa shape index (κ1) is 113. The van der Waals surface area contributed by atoms with Crippen LogP contribution >= 0.6 is 0 Å². The number of hydrogen-bond donors (Lipinski definition) is 0. The molecule has 0 spiro atoms. The Morgan fingerprint density at radius 3 is 0.977 bits per heavy atom. The summed E-state index contributed by atoms with van der Waals surface area (Å²) in [7, 11) is 0. The summed E-state index contributed by atoms with van der Waals surface area (Å²) < 4.78 is 62.0. The number of likely N-dealkylation sites (tertiary alicyclic amines) is 2. The molecule has 0 aromatic heterocycles. The maximum atomic E-state index is 12.5. The van der Waals surface area contributed by atoms with Gasteiger partial charge in [-0.25, -0.2) is 82.2 Å². The molecule has 0 atom stereocenters. The van der Waals surface area contributed by atoms with Crippen molar-refractivity contribution < 1.29 is 138 Å². The van der Waals surface area contributed by atoms with Gasteiger partial charge in [-0.2, -0.15) is 0 Å². The molecule has 133 heavy (non-hydrogen) atoms. The average Bonchev–Trinajstić information content (AvgIpc) is 1.44. The molecule has 7 heterocycles.